The molecule has 0 fully saturated rings. The van der Waals surface area contributed by atoms with Gasteiger partial charge in [-0.15, -0.1) is 0 Å². The van der Waals surface area contributed by atoms with Crippen LogP contribution in [0.1, 0.15) is 27.9 Å². The number of nitrogens with one attached hydrogen (secondary N) is 2. The number of aryl methyl sites for hydroxylation is 2. The molecule has 0 amide bonds. The molecule has 0 saturated heterocycles. The molecule has 0 spiro atoms. The largest absolute Gasteiger partial charge is 0.381 e. The molecule has 2 heterocycles. The lowest BCUT2D eigenvalue weighted by Gasteiger charge is -2.11. The minimum absolute atomic E-state index is 0.863. The average Bonchev–Trinajstić information content (AvgIpc) is 2.60. The third-order valence-electron chi connectivity index (χ3n) is 3.25. The van der Waals surface area contributed by atoms with Gasteiger partial charge in [-0.25, -0.2) is 0 Å². The second-order valence-corrected chi connectivity index (χ2v) is 4.51. The standard InChI is InChI=1S/C13H15N3/c1-8-3-9(2)11-5-12-10(7-15-16-12)6-14-13(11)4-8/h3-4,7,14H,5-6H2,1-2H3,(H,15,16). The van der Waals surface area contributed by atoms with Gasteiger partial charge in [0.2, 0.25) is 0 Å². The number of H-pyrrole nitrogens is 1. The van der Waals surface area contributed by atoms with Gasteiger partial charge in [-0.05, 0) is 36.6 Å². The number of benzene rings is 1. The molecule has 1 aliphatic heterocycles. The fourth-order valence-electron chi connectivity index (χ4n) is 2.40. The second-order valence-electron chi connectivity index (χ2n) is 4.51. The molecular formula is C13H15N3. The third-order valence-corrected chi connectivity index (χ3v) is 3.25. The summed E-state index contributed by atoms with van der Waals surface area (Å²) in [5, 5.41) is 10.7. The molecule has 0 bridgehead atoms. The van der Waals surface area contributed by atoms with Gasteiger partial charge in [0.15, 0.2) is 0 Å². The van der Waals surface area contributed by atoms with Gasteiger partial charge >= 0.3 is 0 Å². The Morgan fingerprint density at radius 2 is 2.12 bits per heavy atom. The summed E-state index contributed by atoms with van der Waals surface area (Å²) in [6.07, 6.45) is 2.86. The van der Waals surface area contributed by atoms with E-state index >= 15 is 0 Å². The van der Waals surface area contributed by atoms with Crippen LogP contribution in [0.15, 0.2) is 18.3 Å². The lowest BCUT2D eigenvalue weighted by Crippen LogP contribution is -2.00. The second kappa shape index (κ2) is 3.37. The highest BCUT2D eigenvalue weighted by atomic mass is 15.1. The fraction of sp³-hybridized carbons (Fsp3) is 0.308. The fourth-order valence-corrected chi connectivity index (χ4v) is 2.40. The van der Waals surface area contributed by atoms with E-state index in [1.807, 2.05) is 6.20 Å². The molecule has 0 saturated carbocycles. The molecule has 0 radical (unpaired) electrons. The van der Waals surface area contributed by atoms with E-state index < -0.39 is 0 Å². The van der Waals surface area contributed by atoms with Crippen molar-refractivity contribution < 1.29 is 0 Å². The number of rotatable bonds is 0. The van der Waals surface area contributed by atoms with E-state index in [4.69, 9.17) is 0 Å². The molecule has 3 nitrogen and oxygen atoms in total. The van der Waals surface area contributed by atoms with Crippen molar-refractivity contribution in [1.82, 2.24) is 10.2 Å². The lowest BCUT2D eigenvalue weighted by molar-refractivity contribution is 0.989. The van der Waals surface area contributed by atoms with Crippen LogP contribution >= 0.6 is 0 Å². The first-order valence-electron chi connectivity index (χ1n) is 5.59. The third kappa shape index (κ3) is 1.40. The molecule has 2 aromatic rings. The minimum atomic E-state index is 0.863. The van der Waals surface area contributed by atoms with Gasteiger partial charge in [-0.3, -0.25) is 5.10 Å². The molecule has 1 aromatic heterocycles. The Morgan fingerprint density at radius 1 is 1.25 bits per heavy atom. The molecule has 16 heavy (non-hydrogen) atoms. The number of aromatic amines is 1. The maximum Gasteiger partial charge on any atom is 0.0540 e. The van der Waals surface area contributed by atoms with Gasteiger partial charge in [0.25, 0.3) is 0 Å². The number of fused-ring (bicyclic) bond motifs is 2. The summed E-state index contributed by atoms with van der Waals surface area (Å²) in [6, 6.07) is 4.46. The maximum atomic E-state index is 4.10. The highest BCUT2D eigenvalue weighted by Crippen LogP contribution is 2.28. The van der Waals surface area contributed by atoms with E-state index in [-0.39, 0.29) is 0 Å². The van der Waals surface area contributed by atoms with Crippen LogP contribution in [-0.2, 0) is 13.0 Å². The van der Waals surface area contributed by atoms with Crippen LogP contribution in [0, 0.1) is 13.8 Å². The summed E-state index contributed by atoms with van der Waals surface area (Å²) in [5.41, 5.74) is 7.82. The molecule has 1 aromatic carbocycles. The first-order chi connectivity index (χ1) is 7.74. The molecule has 2 N–H and O–H groups in total. The van der Waals surface area contributed by atoms with Crippen LogP contribution in [0.3, 0.4) is 0 Å². The van der Waals surface area contributed by atoms with E-state index in [1.54, 1.807) is 0 Å². The number of hydrogen-bond donors (Lipinski definition) is 2. The summed E-state index contributed by atoms with van der Waals surface area (Å²) in [7, 11) is 0. The predicted molar refractivity (Wildman–Crippen MR) is 64.6 cm³/mol. The van der Waals surface area contributed by atoms with Gasteiger partial charge in [0.1, 0.15) is 0 Å². The van der Waals surface area contributed by atoms with Crippen molar-refractivity contribution in [2.45, 2.75) is 26.8 Å². The van der Waals surface area contributed by atoms with E-state index in [0.717, 1.165) is 13.0 Å². The summed E-state index contributed by atoms with van der Waals surface area (Å²) in [4.78, 5) is 0. The van der Waals surface area contributed by atoms with Crippen molar-refractivity contribution in [2.24, 2.45) is 0 Å². The van der Waals surface area contributed by atoms with Gasteiger partial charge in [-0.1, -0.05) is 6.07 Å². The molecular weight excluding hydrogens is 198 g/mol. The zero-order chi connectivity index (χ0) is 11.1. The Hall–Kier alpha value is -1.77. The van der Waals surface area contributed by atoms with Crippen molar-refractivity contribution in [1.29, 1.82) is 0 Å². The SMILES string of the molecule is Cc1cc(C)c2c(c1)NCc1cn[nH]c1C2. The topological polar surface area (TPSA) is 40.7 Å². The van der Waals surface area contributed by atoms with Crippen molar-refractivity contribution in [3.05, 3.63) is 46.3 Å². The first kappa shape index (κ1) is 9.46. The zero-order valence-electron chi connectivity index (χ0n) is 9.59. The van der Waals surface area contributed by atoms with Crippen molar-refractivity contribution in [2.75, 3.05) is 5.32 Å². The molecule has 0 unspecified atom stereocenters. The molecule has 3 heteroatoms. The summed E-state index contributed by atoms with van der Waals surface area (Å²) >= 11 is 0. The summed E-state index contributed by atoms with van der Waals surface area (Å²) in [6.45, 7) is 5.18. The highest BCUT2D eigenvalue weighted by molar-refractivity contribution is 5.59. The van der Waals surface area contributed by atoms with Gasteiger partial charge in [-0.2, -0.15) is 5.10 Å². The smallest absolute Gasteiger partial charge is 0.0540 e. The summed E-state index contributed by atoms with van der Waals surface area (Å²) < 4.78 is 0. The van der Waals surface area contributed by atoms with Crippen LogP contribution < -0.4 is 5.32 Å². The first-order valence-corrected chi connectivity index (χ1v) is 5.59. The summed E-state index contributed by atoms with van der Waals surface area (Å²) in [5.74, 6) is 0. The van der Waals surface area contributed by atoms with Gasteiger partial charge < -0.3 is 5.32 Å². The Morgan fingerprint density at radius 3 is 3.00 bits per heavy atom. The Bertz CT molecular complexity index is 540. The van der Waals surface area contributed by atoms with Gasteiger partial charge in [0, 0.05) is 29.9 Å². The van der Waals surface area contributed by atoms with Crippen LogP contribution in [0.4, 0.5) is 5.69 Å². The quantitative estimate of drug-likeness (QED) is 0.706. The number of aromatic nitrogens is 2. The van der Waals surface area contributed by atoms with Crippen molar-refractivity contribution in [3.63, 3.8) is 0 Å². The average molecular weight is 213 g/mol. The molecule has 0 aliphatic carbocycles. The van der Waals surface area contributed by atoms with E-state index in [0.29, 0.717) is 0 Å². The Balaban J connectivity index is 2.14. The lowest BCUT2D eigenvalue weighted by atomic mass is 9.99. The molecule has 0 atom stereocenters. The molecule has 82 valence electrons. The number of hydrogen-bond acceptors (Lipinski definition) is 2. The van der Waals surface area contributed by atoms with Crippen molar-refractivity contribution in [3.8, 4) is 0 Å². The Labute approximate surface area is 94.9 Å². The molecule has 1 aliphatic rings. The highest BCUT2D eigenvalue weighted by Gasteiger charge is 2.15. The van der Waals surface area contributed by atoms with E-state index in [9.17, 15) is 0 Å². The monoisotopic (exact) mass is 213 g/mol. The number of anilines is 1. The van der Waals surface area contributed by atoms with Crippen LogP contribution in [-0.4, -0.2) is 10.2 Å². The normalized spacial score (nSPS) is 13.6. The number of nitrogens with zero attached hydrogens (tertiary/aromatic N) is 1. The maximum absolute atomic E-state index is 4.10. The van der Waals surface area contributed by atoms with Crippen LogP contribution in [0.5, 0.6) is 0 Å². The van der Waals surface area contributed by atoms with Crippen LogP contribution in [0.2, 0.25) is 0 Å². The minimum Gasteiger partial charge on any atom is -0.381 e. The van der Waals surface area contributed by atoms with Crippen LogP contribution in [0.25, 0.3) is 0 Å². The van der Waals surface area contributed by atoms with E-state index in [1.165, 1.54) is 33.6 Å². The van der Waals surface area contributed by atoms with E-state index in [2.05, 4.69) is 41.5 Å². The van der Waals surface area contributed by atoms with Crippen molar-refractivity contribution >= 4 is 5.69 Å². The Kier molecular flexibility index (Phi) is 1.99. The zero-order valence-corrected chi connectivity index (χ0v) is 9.59. The molecule has 3 rings (SSSR count). The van der Waals surface area contributed by atoms with Gasteiger partial charge in [0.05, 0.1) is 6.20 Å². The predicted octanol–water partition coefficient (Wildman–Crippen LogP) is 2.54.